The first-order chi connectivity index (χ1) is 8.69. The van der Waals surface area contributed by atoms with E-state index in [-0.39, 0.29) is 0 Å². The maximum Gasteiger partial charge on any atom is 0.181 e. The molecule has 0 amide bonds. The molecule has 0 unspecified atom stereocenters. The summed E-state index contributed by atoms with van der Waals surface area (Å²) in [5.41, 5.74) is 3.28. The van der Waals surface area contributed by atoms with Crippen LogP contribution in [0.2, 0.25) is 0 Å². The van der Waals surface area contributed by atoms with Gasteiger partial charge in [0.05, 0.1) is 7.11 Å². The minimum absolute atomic E-state index is 0.603. The zero-order chi connectivity index (χ0) is 12.7. The fourth-order valence-corrected chi connectivity index (χ4v) is 2.34. The van der Waals surface area contributed by atoms with Crippen LogP contribution in [0, 0.1) is 13.8 Å². The van der Waals surface area contributed by atoms with Gasteiger partial charge in [0.2, 0.25) is 0 Å². The van der Waals surface area contributed by atoms with Crippen LogP contribution in [-0.4, -0.2) is 22.3 Å². The largest absolute Gasteiger partial charge is 0.496 e. The monoisotopic (exact) mass is 243 g/mol. The molecule has 2 aromatic rings. The van der Waals surface area contributed by atoms with Crippen molar-refractivity contribution in [2.24, 2.45) is 0 Å². The van der Waals surface area contributed by atoms with Gasteiger partial charge in [-0.15, -0.1) is 0 Å². The van der Waals surface area contributed by atoms with Crippen molar-refractivity contribution >= 4 is 0 Å². The highest BCUT2D eigenvalue weighted by atomic mass is 16.5. The Labute approximate surface area is 106 Å². The summed E-state index contributed by atoms with van der Waals surface area (Å²) in [5, 5.41) is 7.35. The molecule has 4 heteroatoms. The predicted molar refractivity (Wildman–Crippen MR) is 69.8 cm³/mol. The molecule has 1 saturated carbocycles. The summed E-state index contributed by atoms with van der Waals surface area (Å²) >= 11 is 0. The van der Waals surface area contributed by atoms with Crippen molar-refractivity contribution in [1.29, 1.82) is 0 Å². The maximum absolute atomic E-state index is 5.37. The molecule has 94 valence electrons. The van der Waals surface area contributed by atoms with Crippen molar-refractivity contribution in [3.05, 3.63) is 29.1 Å². The van der Waals surface area contributed by atoms with Crippen LogP contribution in [-0.2, 0) is 0 Å². The van der Waals surface area contributed by atoms with Crippen LogP contribution in [0.5, 0.6) is 5.75 Å². The molecule has 1 aromatic carbocycles. The molecule has 1 aliphatic rings. The van der Waals surface area contributed by atoms with Crippen LogP contribution in [0.25, 0.3) is 11.4 Å². The van der Waals surface area contributed by atoms with Crippen LogP contribution in [0.4, 0.5) is 0 Å². The van der Waals surface area contributed by atoms with E-state index in [4.69, 9.17) is 4.74 Å². The summed E-state index contributed by atoms with van der Waals surface area (Å²) in [5.74, 6) is 3.35. The van der Waals surface area contributed by atoms with E-state index in [0.29, 0.717) is 5.92 Å². The number of hydrogen-bond donors (Lipinski definition) is 1. The van der Waals surface area contributed by atoms with Gasteiger partial charge in [0, 0.05) is 11.5 Å². The van der Waals surface area contributed by atoms with Crippen molar-refractivity contribution < 1.29 is 4.74 Å². The lowest BCUT2D eigenvalue weighted by Crippen LogP contribution is -1.93. The topological polar surface area (TPSA) is 50.8 Å². The van der Waals surface area contributed by atoms with E-state index in [1.807, 2.05) is 13.8 Å². The molecule has 0 atom stereocenters. The summed E-state index contributed by atoms with van der Waals surface area (Å²) in [7, 11) is 1.70. The molecule has 1 aliphatic carbocycles. The third kappa shape index (κ3) is 1.88. The normalized spacial score (nSPS) is 14.8. The average Bonchev–Trinajstić information content (AvgIpc) is 3.07. The van der Waals surface area contributed by atoms with Gasteiger partial charge in [0.25, 0.3) is 0 Å². The van der Waals surface area contributed by atoms with Gasteiger partial charge in [-0.1, -0.05) is 0 Å². The number of nitrogens with one attached hydrogen (secondary N) is 1. The number of hydrogen-bond acceptors (Lipinski definition) is 3. The van der Waals surface area contributed by atoms with Crippen molar-refractivity contribution in [3.8, 4) is 17.1 Å². The third-order valence-electron chi connectivity index (χ3n) is 3.39. The third-order valence-corrected chi connectivity index (χ3v) is 3.39. The Morgan fingerprint density at radius 3 is 2.44 bits per heavy atom. The first kappa shape index (κ1) is 11.3. The van der Waals surface area contributed by atoms with Gasteiger partial charge in [0.1, 0.15) is 11.6 Å². The van der Waals surface area contributed by atoms with Crippen molar-refractivity contribution in [2.75, 3.05) is 7.11 Å². The van der Waals surface area contributed by atoms with E-state index in [1.54, 1.807) is 7.11 Å². The maximum atomic E-state index is 5.37. The molecule has 3 rings (SSSR count). The second-order valence-electron chi connectivity index (χ2n) is 4.96. The molecule has 0 spiro atoms. The van der Waals surface area contributed by atoms with Crippen LogP contribution in [0.3, 0.4) is 0 Å². The van der Waals surface area contributed by atoms with Crippen molar-refractivity contribution in [2.45, 2.75) is 32.6 Å². The summed E-state index contributed by atoms with van der Waals surface area (Å²) in [6.07, 6.45) is 2.46. The zero-order valence-corrected chi connectivity index (χ0v) is 10.9. The molecule has 0 aliphatic heterocycles. The van der Waals surface area contributed by atoms with Crippen LogP contribution < -0.4 is 4.74 Å². The molecule has 18 heavy (non-hydrogen) atoms. The standard InChI is InChI=1S/C14H17N3O/c1-8-6-11(7-9(2)12(8)18-3)14-15-13(16-17-14)10-4-5-10/h6-7,10H,4-5H2,1-3H3,(H,15,16,17). The lowest BCUT2D eigenvalue weighted by molar-refractivity contribution is 0.408. The van der Waals surface area contributed by atoms with Gasteiger partial charge in [-0.05, 0) is 49.9 Å². The average molecular weight is 243 g/mol. The first-order valence-corrected chi connectivity index (χ1v) is 6.27. The van der Waals surface area contributed by atoms with Crippen molar-refractivity contribution in [3.63, 3.8) is 0 Å². The van der Waals surface area contributed by atoms with E-state index in [1.165, 1.54) is 12.8 Å². The van der Waals surface area contributed by atoms with Gasteiger partial charge >= 0.3 is 0 Å². The van der Waals surface area contributed by atoms with Gasteiger partial charge < -0.3 is 4.74 Å². The molecule has 1 fully saturated rings. The van der Waals surface area contributed by atoms with E-state index in [0.717, 1.165) is 34.1 Å². The molecular formula is C14H17N3O. The van der Waals surface area contributed by atoms with Gasteiger partial charge in [0.15, 0.2) is 5.82 Å². The number of methoxy groups -OCH3 is 1. The predicted octanol–water partition coefficient (Wildman–Crippen LogP) is 2.97. The summed E-state index contributed by atoms with van der Waals surface area (Å²) in [6, 6.07) is 4.15. The smallest absolute Gasteiger partial charge is 0.181 e. The number of ether oxygens (including phenoxy) is 1. The molecule has 1 N–H and O–H groups in total. The van der Waals surface area contributed by atoms with Crippen LogP contribution in [0.15, 0.2) is 12.1 Å². The Morgan fingerprint density at radius 1 is 1.22 bits per heavy atom. The van der Waals surface area contributed by atoms with Crippen LogP contribution in [0.1, 0.15) is 35.7 Å². The molecule has 0 bridgehead atoms. The zero-order valence-electron chi connectivity index (χ0n) is 10.9. The minimum atomic E-state index is 0.603. The molecule has 1 aromatic heterocycles. The molecule has 4 nitrogen and oxygen atoms in total. The Balaban J connectivity index is 1.99. The van der Waals surface area contributed by atoms with Crippen LogP contribution >= 0.6 is 0 Å². The first-order valence-electron chi connectivity index (χ1n) is 6.27. The Kier molecular flexibility index (Phi) is 2.58. The number of aryl methyl sites for hydroxylation is 2. The number of H-pyrrole nitrogens is 1. The number of aromatic nitrogens is 3. The second kappa shape index (κ2) is 4.12. The highest BCUT2D eigenvalue weighted by Crippen LogP contribution is 2.38. The van der Waals surface area contributed by atoms with E-state index < -0.39 is 0 Å². The fourth-order valence-electron chi connectivity index (χ4n) is 2.34. The minimum Gasteiger partial charge on any atom is -0.496 e. The number of nitrogens with zero attached hydrogens (tertiary/aromatic N) is 2. The second-order valence-corrected chi connectivity index (χ2v) is 4.96. The summed E-state index contributed by atoms with van der Waals surface area (Å²) in [4.78, 5) is 4.57. The molecular weight excluding hydrogens is 226 g/mol. The highest BCUT2D eigenvalue weighted by Gasteiger charge is 2.27. The Bertz CT molecular complexity index is 561. The highest BCUT2D eigenvalue weighted by molar-refractivity contribution is 5.61. The van der Waals surface area contributed by atoms with Gasteiger partial charge in [-0.3, -0.25) is 5.10 Å². The quantitative estimate of drug-likeness (QED) is 0.901. The Morgan fingerprint density at radius 2 is 1.89 bits per heavy atom. The lowest BCUT2D eigenvalue weighted by Gasteiger charge is -2.09. The lowest BCUT2D eigenvalue weighted by atomic mass is 10.1. The molecule has 1 heterocycles. The SMILES string of the molecule is COc1c(C)cc(-c2n[nH]c(C3CC3)n2)cc1C. The van der Waals surface area contributed by atoms with Crippen molar-refractivity contribution in [1.82, 2.24) is 15.2 Å². The van der Waals surface area contributed by atoms with Gasteiger partial charge in [-0.2, -0.15) is 5.10 Å². The van der Waals surface area contributed by atoms with E-state index in [2.05, 4.69) is 27.3 Å². The van der Waals surface area contributed by atoms with E-state index >= 15 is 0 Å². The van der Waals surface area contributed by atoms with E-state index in [9.17, 15) is 0 Å². The fraction of sp³-hybridized carbons (Fsp3) is 0.429. The number of rotatable bonds is 3. The summed E-state index contributed by atoms with van der Waals surface area (Å²) < 4.78 is 5.37. The number of aromatic amines is 1. The molecule has 0 saturated heterocycles. The number of benzene rings is 1. The van der Waals surface area contributed by atoms with Gasteiger partial charge in [-0.25, -0.2) is 4.98 Å². The summed E-state index contributed by atoms with van der Waals surface area (Å²) in [6.45, 7) is 4.09. The molecule has 0 radical (unpaired) electrons. The Hall–Kier alpha value is -1.84.